The number of hydrogen-bond acceptors (Lipinski definition) is 4. The molecule has 0 bridgehead atoms. The number of amides is 1. The van der Waals surface area contributed by atoms with Gasteiger partial charge in [-0.05, 0) is 31.9 Å². The van der Waals surface area contributed by atoms with E-state index >= 15 is 0 Å². The molecule has 0 atom stereocenters. The van der Waals surface area contributed by atoms with Crippen molar-refractivity contribution in [1.29, 1.82) is 0 Å². The number of carboxylic acids is 1. The van der Waals surface area contributed by atoms with Gasteiger partial charge < -0.3 is 10.4 Å². The molecule has 0 saturated carbocycles. The fourth-order valence-corrected chi connectivity index (χ4v) is 3.50. The third kappa shape index (κ3) is 4.29. The van der Waals surface area contributed by atoms with Gasteiger partial charge in [0.25, 0.3) is 0 Å². The number of benzene rings is 1. The number of piperidine rings is 1. The number of sulfonamides is 1. The summed E-state index contributed by atoms with van der Waals surface area (Å²) in [6, 6.07) is 4.81. The molecule has 0 radical (unpaired) electrons. The Morgan fingerprint density at radius 3 is 2.39 bits per heavy atom. The average molecular weight is 340 g/mol. The van der Waals surface area contributed by atoms with E-state index in [0.717, 1.165) is 11.8 Å². The highest BCUT2D eigenvalue weighted by molar-refractivity contribution is 7.88. The minimum Gasteiger partial charge on any atom is -0.478 e. The van der Waals surface area contributed by atoms with Crippen molar-refractivity contribution < 1.29 is 23.1 Å². The molecule has 8 heteroatoms. The summed E-state index contributed by atoms with van der Waals surface area (Å²) < 4.78 is 24.3. The van der Waals surface area contributed by atoms with Crippen molar-refractivity contribution >= 4 is 27.6 Å². The third-order valence-corrected chi connectivity index (χ3v) is 5.26. The number of rotatable bonds is 4. The van der Waals surface area contributed by atoms with E-state index in [1.807, 2.05) is 0 Å². The zero-order chi connectivity index (χ0) is 17.2. The van der Waals surface area contributed by atoms with Crippen molar-refractivity contribution in [3.8, 4) is 0 Å². The predicted molar refractivity (Wildman–Crippen MR) is 85.9 cm³/mol. The van der Waals surface area contributed by atoms with Gasteiger partial charge >= 0.3 is 5.97 Å². The first-order valence-corrected chi connectivity index (χ1v) is 9.13. The molecule has 1 heterocycles. The van der Waals surface area contributed by atoms with E-state index in [1.54, 1.807) is 19.1 Å². The third-order valence-electron chi connectivity index (χ3n) is 3.96. The highest BCUT2D eigenvalue weighted by Crippen LogP contribution is 2.23. The standard InChI is InChI=1S/C15H20N2O5S/c1-10-3-4-13(12(9-10)15(19)20)16-14(18)11-5-7-17(8-6-11)23(2,21)22/h3-4,9,11H,5-8H2,1-2H3,(H,16,18)(H,19,20). The molecule has 1 aliphatic heterocycles. The van der Waals surface area contributed by atoms with Crippen LogP contribution in [-0.4, -0.2) is 49.1 Å². The van der Waals surface area contributed by atoms with E-state index in [4.69, 9.17) is 0 Å². The number of hydrogen-bond donors (Lipinski definition) is 2. The lowest BCUT2D eigenvalue weighted by atomic mass is 9.97. The molecule has 1 amide bonds. The largest absolute Gasteiger partial charge is 0.478 e. The van der Waals surface area contributed by atoms with Crippen molar-refractivity contribution in [3.63, 3.8) is 0 Å². The molecule has 1 fully saturated rings. The molecule has 1 aromatic carbocycles. The van der Waals surface area contributed by atoms with Crippen molar-refractivity contribution in [3.05, 3.63) is 29.3 Å². The van der Waals surface area contributed by atoms with Gasteiger partial charge in [0.2, 0.25) is 15.9 Å². The Kier molecular flexibility index (Phi) is 5.06. The normalized spacial score (nSPS) is 17.0. The maximum absolute atomic E-state index is 12.3. The second-order valence-corrected chi connectivity index (χ2v) is 7.76. The van der Waals surface area contributed by atoms with Gasteiger partial charge in [-0.25, -0.2) is 17.5 Å². The van der Waals surface area contributed by atoms with E-state index < -0.39 is 16.0 Å². The smallest absolute Gasteiger partial charge is 0.337 e. The zero-order valence-electron chi connectivity index (χ0n) is 13.1. The minimum absolute atomic E-state index is 0.0481. The lowest BCUT2D eigenvalue weighted by molar-refractivity contribution is -0.120. The number of nitrogens with one attached hydrogen (secondary N) is 1. The van der Waals surface area contributed by atoms with Crippen LogP contribution in [0.1, 0.15) is 28.8 Å². The van der Waals surface area contributed by atoms with E-state index in [2.05, 4.69) is 5.32 Å². The average Bonchev–Trinajstić information content (AvgIpc) is 2.48. The number of carboxylic acid groups (broad SMARTS) is 1. The van der Waals surface area contributed by atoms with Crippen molar-refractivity contribution in [2.45, 2.75) is 19.8 Å². The fourth-order valence-electron chi connectivity index (χ4n) is 2.63. The van der Waals surface area contributed by atoms with E-state index in [-0.39, 0.29) is 23.1 Å². The van der Waals surface area contributed by atoms with Crippen molar-refractivity contribution in [2.24, 2.45) is 5.92 Å². The van der Waals surface area contributed by atoms with Crippen LogP contribution in [0.2, 0.25) is 0 Å². The molecule has 1 saturated heterocycles. The van der Waals surface area contributed by atoms with Gasteiger partial charge in [-0.2, -0.15) is 0 Å². The molecule has 2 rings (SSSR count). The van der Waals surface area contributed by atoms with Crippen molar-refractivity contribution in [2.75, 3.05) is 24.7 Å². The lowest BCUT2D eigenvalue weighted by Crippen LogP contribution is -2.41. The van der Waals surface area contributed by atoms with Crippen LogP contribution in [0.15, 0.2) is 18.2 Å². The Labute approximate surface area is 135 Å². The second kappa shape index (κ2) is 6.67. The molecular weight excluding hydrogens is 320 g/mol. The van der Waals surface area contributed by atoms with Gasteiger partial charge in [0.1, 0.15) is 0 Å². The molecule has 1 aromatic rings. The molecule has 7 nitrogen and oxygen atoms in total. The van der Waals surface area contributed by atoms with Crippen LogP contribution < -0.4 is 5.32 Å². The van der Waals surface area contributed by atoms with Gasteiger partial charge in [0.05, 0.1) is 17.5 Å². The number of anilines is 1. The first kappa shape index (κ1) is 17.4. The maximum atomic E-state index is 12.3. The van der Waals surface area contributed by atoms with E-state index in [9.17, 15) is 23.1 Å². The molecule has 23 heavy (non-hydrogen) atoms. The Morgan fingerprint density at radius 2 is 1.87 bits per heavy atom. The van der Waals surface area contributed by atoms with Crippen LogP contribution in [0.5, 0.6) is 0 Å². The Balaban J connectivity index is 2.05. The van der Waals surface area contributed by atoms with Crippen LogP contribution in [0.3, 0.4) is 0 Å². The first-order chi connectivity index (χ1) is 10.7. The Morgan fingerprint density at radius 1 is 1.26 bits per heavy atom. The molecule has 0 aromatic heterocycles. The van der Waals surface area contributed by atoms with E-state index in [1.165, 1.54) is 10.4 Å². The molecule has 126 valence electrons. The monoisotopic (exact) mass is 340 g/mol. The number of aromatic carboxylic acids is 1. The first-order valence-electron chi connectivity index (χ1n) is 7.28. The molecule has 0 unspecified atom stereocenters. The van der Waals surface area contributed by atoms with Gasteiger partial charge in [-0.3, -0.25) is 4.79 Å². The highest BCUT2D eigenvalue weighted by Gasteiger charge is 2.29. The number of carbonyl (C=O) groups excluding carboxylic acids is 1. The van der Waals surface area contributed by atoms with Gasteiger partial charge in [-0.1, -0.05) is 11.6 Å². The molecule has 0 spiro atoms. The lowest BCUT2D eigenvalue weighted by Gasteiger charge is -2.29. The van der Waals surface area contributed by atoms with Crippen LogP contribution >= 0.6 is 0 Å². The van der Waals surface area contributed by atoms with Crippen LogP contribution in [0.25, 0.3) is 0 Å². The molecule has 0 aliphatic carbocycles. The summed E-state index contributed by atoms with van der Waals surface area (Å²) in [7, 11) is -3.23. The summed E-state index contributed by atoms with van der Waals surface area (Å²) in [6.07, 6.45) is 2.00. The quantitative estimate of drug-likeness (QED) is 0.860. The summed E-state index contributed by atoms with van der Waals surface area (Å²) in [5.74, 6) is -1.70. The highest BCUT2D eigenvalue weighted by atomic mass is 32.2. The SMILES string of the molecule is Cc1ccc(NC(=O)C2CCN(S(C)(=O)=O)CC2)c(C(=O)O)c1. The molecule has 2 N–H and O–H groups in total. The number of nitrogens with zero attached hydrogens (tertiary/aromatic N) is 1. The van der Waals surface area contributed by atoms with Crippen molar-refractivity contribution in [1.82, 2.24) is 4.31 Å². The molecular formula is C15H20N2O5S. The Bertz CT molecular complexity index is 721. The summed E-state index contributed by atoms with van der Waals surface area (Å²) >= 11 is 0. The van der Waals surface area contributed by atoms with Gasteiger partial charge in [-0.15, -0.1) is 0 Å². The van der Waals surface area contributed by atoms with Crippen LogP contribution in [0, 0.1) is 12.8 Å². The van der Waals surface area contributed by atoms with Crippen LogP contribution in [0.4, 0.5) is 5.69 Å². The number of aryl methyl sites for hydroxylation is 1. The topological polar surface area (TPSA) is 104 Å². The maximum Gasteiger partial charge on any atom is 0.337 e. The molecule has 1 aliphatic rings. The second-order valence-electron chi connectivity index (χ2n) is 5.78. The number of carbonyl (C=O) groups is 2. The minimum atomic E-state index is -3.23. The zero-order valence-corrected chi connectivity index (χ0v) is 13.9. The fraction of sp³-hybridized carbons (Fsp3) is 0.467. The summed E-state index contributed by atoms with van der Waals surface area (Å²) in [5.41, 5.74) is 1.10. The van der Waals surface area contributed by atoms with Gasteiger partial charge in [0.15, 0.2) is 0 Å². The summed E-state index contributed by atoms with van der Waals surface area (Å²) in [4.78, 5) is 23.6. The summed E-state index contributed by atoms with van der Waals surface area (Å²) in [5, 5.41) is 11.9. The Hall–Kier alpha value is -1.93. The van der Waals surface area contributed by atoms with Gasteiger partial charge in [0, 0.05) is 19.0 Å². The van der Waals surface area contributed by atoms with Crippen LogP contribution in [-0.2, 0) is 14.8 Å². The predicted octanol–water partition coefficient (Wildman–Crippen LogP) is 1.30. The van der Waals surface area contributed by atoms with E-state index in [0.29, 0.717) is 25.9 Å². The summed E-state index contributed by atoms with van der Waals surface area (Å²) in [6.45, 7) is 2.38.